The summed E-state index contributed by atoms with van der Waals surface area (Å²) in [7, 11) is 1.85. The van der Waals surface area contributed by atoms with E-state index in [1.165, 1.54) is 0 Å². The molecule has 0 N–H and O–H groups in total. The van der Waals surface area contributed by atoms with E-state index in [-0.39, 0.29) is 5.91 Å². The molecule has 1 heterocycles. The van der Waals surface area contributed by atoms with Crippen molar-refractivity contribution >= 4 is 5.91 Å². The third kappa shape index (κ3) is 3.32. The molecule has 21 heavy (non-hydrogen) atoms. The monoisotopic (exact) mass is 285 g/mol. The van der Waals surface area contributed by atoms with E-state index in [4.69, 9.17) is 0 Å². The standard InChI is InChI=1S/C17H23N3O/c1-5-16-15(17(21)19(4)12-13(2)3)11-18-20(16)14-9-7-6-8-10-14/h6-11,13H,5,12H2,1-4H3. The minimum atomic E-state index is 0.0442. The third-order valence-corrected chi connectivity index (χ3v) is 3.42. The molecule has 0 radical (unpaired) electrons. The summed E-state index contributed by atoms with van der Waals surface area (Å²) in [5.74, 6) is 0.496. The van der Waals surface area contributed by atoms with Crippen LogP contribution in [-0.4, -0.2) is 34.2 Å². The van der Waals surface area contributed by atoms with Gasteiger partial charge in [-0.3, -0.25) is 4.79 Å². The predicted molar refractivity (Wildman–Crippen MR) is 84.7 cm³/mol. The zero-order valence-corrected chi connectivity index (χ0v) is 13.2. The number of hydrogen-bond donors (Lipinski definition) is 0. The number of carbonyl (C=O) groups is 1. The lowest BCUT2D eigenvalue weighted by atomic mass is 10.1. The molecule has 4 nitrogen and oxygen atoms in total. The van der Waals surface area contributed by atoms with E-state index in [0.717, 1.165) is 24.3 Å². The fourth-order valence-electron chi connectivity index (χ4n) is 2.52. The second kappa shape index (κ2) is 6.57. The largest absolute Gasteiger partial charge is 0.341 e. The van der Waals surface area contributed by atoms with E-state index in [2.05, 4.69) is 25.9 Å². The van der Waals surface area contributed by atoms with Gasteiger partial charge < -0.3 is 4.90 Å². The Morgan fingerprint density at radius 1 is 1.29 bits per heavy atom. The van der Waals surface area contributed by atoms with Crippen LogP contribution in [0.4, 0.5) is 0 Å². The van der Waals surface area contributed by atoms with Gasteiger partial charge in [-0.25, -0.2) is 4.68 Å². The fraction of sp³-hybridized carbons (Fsp3) is 0.412. The number of para-hydroxylation sites is 1. The van der Waals surface area contributed by atoms with Gasteiger partial charge in [0.05, 0.1) is 23.1 Å². The Labute approximate surface area is 126 Å². The highest BCUT2D eigenvalue weighted by atomic mass is 16.2. The molecule has 2 rings (SSSR count). The molecule has 0 fully saturated rings. The van der Waals surface area contributed by atoms with Crippen molar-refractivity contribution in [1.82, 2.24) is 14.7 Å². The SMILES string of the molecule is CCc1c(C(=O)N(C)CC(C)C)cnn1-c1ccccc1. The van der Waals surface area contributed by atoms with Crippen LogP contribution in [0, 0.1) is 5.92 Å². The highest BCUT2D eigenvalue weighted by Crippen LogP contribution is 2.17. The lowest BCUT2D eigenvalue weighted by Gasteiger charge is -2.19. The quantitative estimate of drug-likeness (QED) is 0.846. The molecule has 2 aromatic rings. The summed E-state index contributed by atoms with van der Waals surface area (Å²) in [6.07, 6.45) is 2.45. The normalized spacial score (nSPS) is 10.9. The first-order valence-electron chi connectivity index (χ1n) is 7.42. The lowest BCUT2D eigenvalue weighted by molar-refractivity contribution is 0.0778. The number of rotatable bonds is 5. The Hall–Kier alpha value is -2.10. The van der Waals surface area contributed by atoms with Crippen LogP contribution in [0.5, 0.6) is 0 Å². The number of carbonyl (C=O) groups excluding carboxylic acids is 1. The van der Waals surface area contributed by atoms with Gasteiger partial charge in [0.15, 0.2) is 0 Å². The zero-order valence-electron chi connectivity index (χ0n) is 13.2. The molecular weight excluding hydrogens is 262 g/mol. The maximum Gasteiger partial charge on any atom is 0.257 e. The Morgan fingerprint density at radius 2 is 1.95 bits per heavy atom. The molecule has 4 heteroatoms. The van der Waals surface area contributed by atoms with Crippen molar-refractivity contribution in [3.8, 4) is 5.69 Å². The summed E-state index contributed by atoms with van der Waals surface area (Å²) in [6.45, 7) is 7.02. The number of hydrogen-bond acceptors (Lipinski definition) is 2. The van der Waals surface area contributed by atoms with Crippen molar-refractivity contribution < 1.29 is 4.79 Å². The van der Waals surface area contributed by atoms with Crippen molar-refractivity contribution in [3.05, 3.63) is 47.8 Å². The molecule has 1 aromatic carbocycles. The first-order valence-corrected chi connectivity index (χ1v) is 7.42. The summed E-state index contributed by atoms with van der Waals surface area (Å²) < 4.78 is 1.86. The molecule has 0 unspecified atom stereocenters. The molecule has 0 saturated carbocycles. The minimum absolute atomic E-state index is 0.0442. The Kier molecular flexibility index (Phi) is 4.78. The van der Waals surface area contributed by atoms with Crippen LogP contribution in [0.25, 0.3) is 5.69 Å². The van der Waals surface area contributed by atoms with E-state index < -0.39 is 0 Å². The van der Waals surface area contributed by atoms with Crippen molar-refractivity contribution in [2.45, 2.75) is 27.2 Å². The molecular formula is C17H23N3O. The van der Waals surface area contributed by atoms with Crippen LogP contribution < -0.4 is 0 Å². The van der Waals surface area contributed by atoms with Crippen LogP contribution in [0.3, 0.4) is 0 Å². The average molecular weight is 285 g/mol. The molecule has 0 bridgehead atoms. The van der Waals surface area contributed by atoms with Crippen LogP contribution in [0.15, 0.2) is 36.5 Å². The zero-order chi connectivity index (χ0) is 15.4. The van der Waals surface area contributed by atoms with Gasteiger partial charge in [0.2, 0.25) is 0 Å². The number of amides is 1. The second-order valence-corrected chi connectivity index (χ2v) is 5.69. The summed E-state index contributed by atoms with van der Waals surface area (Å²) in [4.78, 5) is 14.4. The molecule has 1 aromatic heterocycles. The predicted octanol–water partition coefficient (Wildman–Crippen LogP) is 3.16. The van der Waals surface area contributed by atoms with Crippen LogP contribution in [0.2, 0.25) is 0 Å². The molecule has 0 aliphatic heterocycles. The molecule has 0 saturated heterocycles. The Morgan fingerprint density at radius 3 is 2.52 bits per heavy atom. The number of aromatic nitrogens is 2. The van der Waals surface area contributed by atoms with E-state index >= 15 is 0 Å². The highest BCUT2D eigenvalue weighted by molar-refractivity contribution is 5.95. The van der Waals surface area contributed by atoms with Crippen LogP contribution in [-0.2, 0) is 6.42 Å². The van der Waals surface area contributed by atoms with Gasteiger partial charge in [0.1, 0.15) is 0 Å². The van der Waals surface area contributed by atoms with Gasteiger partial charge >= 0.3 is 0 Å². The maximum absolute atomic E-state index is 12.6. The first-order chi connectivity index (χ1) is 10.0. The van der Waals surface area contributed by atoms with E-state index in [1.54, 1.807) is 11.1 Å². The summed E-state index contributed by atoms with van der Waals surface area (Å²) in [6, 6.07) is 9.92. The molecule has 0 spiro atoms. The van der Waals surface area contributed by atoms with E-state index in [0.29, 0.717) is 11.5 Å². The van der Waals surface area contributed by atoms with Gasteiger partial charge in [-0.1, -0.05) is 39.0 Å². The minimum Gasteiger partial charge on any atom is -0.341 e. The first kappa shape index (κ1) is 15.3. The van der Waals surface area contributed by atoms with Crippen LogP contribution >= 0.6 is 0 Å². The lowest BCUT2D eigenvalue weighted by Crippen LogP contribution is -2.30. The average Bonchev–Trinajstić information content (AvgIpc) is 2.90. The van der Waals surface area contributed by atoms with Gasteiger partial charge in [-0.05, 0) is 24.5 Å². The van der Waals surface area contributed by atoms with E-state index in [9.17, 15) is 4.79 Å². The van der Waals surface area contributed by atoms with Crippen molar-refractivity contribution in [2.24, 2.45) is 5.92 Å². The van der Waals surface area contributed by atoms with Gasteiger partial charge in [-0.15, -0.1) is 0 Å². The molecule has 0 atom stereocenters. The maximum atomic E-state index is 12.6. The highest BCUT2D eigenvalue weighted by Gasteiger charge is 2.20. The second-order valence-electron chi connectivity index (χ2n) is 5.69. The van der Waals surface area contributed by atoms with Gasteiger partial charge in [-0.2, -0.15) is 5.10 Å². The van der Waals surface area contributed by atoms with Gasteiger partial charge in [0.25, 0.3) is 5.91 Å². The smallest absolute Gasteiger partial charge is 0.257 e. The summed E-state index contributed by atoms with van der Waals surface area (Å²) >= 11 is 0. The van der Waals surface area contributed by atoms with Crippen molar-refractivity contribution in [3.63, 3.8) is 0 Å². The Balaban J connectivity index is 2.34. The summed E-state index contributed by atoms with van der Waals surface area (Å²) in [5.41, 5.74) is 2.64. The molecule has 0 aliphatic carbocycles. The van der Waals surface area contributed by atoms with Crippen LogP contribution in [0.1, 0.15) is 36.8 Å². The third-order valence-electron chi connectivity index (χ3n) is 3.42. The Bertz CT molecular complexity index is 602. The fourth-order valence-corrected chi connectivity index (χ4v) is 2.52. The molecule has 0 aliphatic rings. The van der Waals surface area contributed by atoms with Crippen molar-refractivity contribution in [2.75, 3.05) is 13.6 Å². The topological polar surface area (TPSA) is 38.1 Å². The number of benzene rings is 1. The van der Waals surface area contributed by atoms with Gasteiger partial charge in [0, 0.05) is 13.6 Å². The van der Waals surface area contributed by atoms with Crippen molar-refractivity contribution in [1.29, 1.82) is 0 Å². The van der Waals surface area contributed by atoms with E-state index in [1.807, 2.05) is 42.1 Å². The number of nitrogens with zero attached hydrogens (tertiary/aromatic N) is 3. The summed E-state index contributed by atoms with van der Waals surface area (Å²) in [5, 5.41) is 4.41. The molecule has 112 valence electrons. The molecule has 1 amide bonds.